The van der Waals surface area contributed by atoms with E-state index in [4.69, 9.17) is 11.7 Å². The van der Waals surface area contributed by atoms with Crippen molar-refractivity contribution in [3.63, 3.8) is 0 Å². The third-order valence-corrected chi connectivity index (χ3v) is 1.30. The standard InChI is InChI=1S/C9H11NO/c1-2-3-4-5-6-9(11)7-8-10/h1H,3-7H2. The Kier molecular flexibility index (Phi) is 6.04. The lowest BCUT2D eigenvalue weighted by Gasteiger charge is -1.92. The summed E-state index contributed by atoms with van der Waals surface area (Å²) < 4.78 is 0. The van der Waals surface area contributed by atoms with Crippen LogP contribution in [-0.2, 0) is 4.79 Å². The molecule has 0 fully saturated rings. The average molecular weight is 149 g/mol. The Hall–Kier alpha value is -1.28. The summed E-state index contributed by atoms with van der Waals surface area (Å²) in [5.41, 5.74) is 0. The molecule has 0 spiro atoms. The molecule has 0 aromatic heterocycles. The van der Waals surface area contributed by atoms with E-state index in [1.807, 2.05) is 6.07 Å². The maximum atomic E-state index is 10.7. The SMILES string of the molecule is C#CCCCCC(=O)CC#N. The summed E-state index contributed by atoms with van der Waals surface area (Å²) >= 11 is 0. The zero-order valence-electron chi connectivity index (χ0n) is 6.47. The smallest absolute Gasteiger partial charge is 0.146 e. The van der Waals surface area contributed by atoms with Crippen LogP contribution in [0.5, 0.6) is 0 Å². The van der Waals surface area contributed by atoms with Crippen LogP contribution in [0, 0.1) is 23.7 Å². The van der Waals surface area contributed by atoms with Gasteiger partial charge in [0.05, 0.1) is 12.5 Å². The lowest BCUT2D eigenvalue weighted by atomic mass is 10.1. The number of hydrogen-bond donors (Lipinski definition) is 0. The summed E-state index contributed by atoms with van der Waals surface area (Å²) in [6.07, 6.45) is 7.96. The molecule has 2 heteroatoms. The van der Waals surface area contributed by atoms with Gasteiger partial charge in [-0.25, -0.2) is 0 Å². The Bertz CT molecular complexity index is 195. The van der Waals surface area contributed by atoms with Crippen molar-refractivity contribution in [1.29, 1.82) is 5.26 Å². The van der Waals surface area contributed by atoms with Crippen LogP contribution in [0.1, 0.15) is 32.1 Å². The first kappa shape index (κ1) is 9.72. The fourth-order valence-corrected chi connectivity index (χ4v) is 0.726. The third-order valence-electron chi connectivity index (χ3n) is 1.30. The van der Waals surface area contributed by atoms with Crippen molar-refractivity contribution in [1.82, 2.24) is 0 Å². The number of unbranched alkanes of at least 4 members (excludes halogenated alkanes) is 2. The summed E-state index contributed by atoms with van der Waals surface area (Å²) in [5.74, 6) is 2.52. The molecule has 0 atom stereocenters. The maximum absolute atomic E-state index is 10.7. The fraction of sp³-hybridized carbons (Fsp3) is 0.556. The predicted octanol–water partition coefficient (Wildman–Crippen LogP) is 1.66. The minimum Gasteiger partial charge on any atom is -0.299 e. The van der Waals surface area contributed by atoms with E-state index in [1.165, 1.54) is 0 Å². The molecule has 0 amide bonds. The number of nitrogens with zero attached hydrogens (tertiary/aromatic N) is 1. The number of Topliss-reactive ketones (excluding diaryl/α,β-unsaturated/α-hetero) is 1. The highest BCUT2D eigenvalue weighted by Gasteiger charge is 1.98. The molecule has 0 aromatic carbocycles. The van der Waals surface area contributed by atoms with E-state index in [2.05, 4.69) is 5.92 Å². The zero-order chi connectivity index (χ0) is 8.53. The lowest BCUT2D eigenvalue weighted by molar-refractivity contribution is -0.118. The first-order valence-corrected chi connectivity index (χ1v) is 3.63. The molecule has 11 heavy (non-hydrogen) atoms. The average Bonchev–Trinajstić information content (AvgIpc) is 1.99. The molecular weight excluding hydrogens is 138 g/mol. The Balaban J connectivity index is 3.20. The van der Waals surface area contributed by atoms with E-state index >= 15 is 0 Å². The largest absolute Gasteiger partial charge is 0.299 e. The molecule has 0 aliphatic carbocycles. The van der Waals surface area contributed by atoms with Gasteiger partial charge in [0.1, 0.15) is 5.78 Å². The second-order valence-corrected chi connectivity index (χ2v) is 2.28. The first-order valence-electron chi connectivity index (χ1n) is 3.63. The van der Waals surface area contributed by atoms with Gasteiger partial charge in [0.15, 0.2) is 0 Å². The highest BCUT2D eigenvalue weighted by atomic mass is 16.1. The molecule has 2 nitrogen and oxygen atoms in total. The van der Waals surface area contributed by atoms with Crippen molar-refractivity contribution in [2.75, 3.05) is 0 Å². The predicted molar refractivity (Wildman–Crippen MR) is 42.5 cm³/mol. The lowest BCUT2D eigenvalue weighted by Crippen LogP contribution is -1.94. The van der Waals surface area contributed by atoms with Crippen molar-refractivity contribution in [2.45, 2.75) is 32.1 Å². The number of hydrogen-bond acceptors (Lipinski definition) is 2. The van der Waals surface area contributed by atoms with E-state index < -0.39 is 0 Å². The molecule has 0 heterocycles. The summed E-state index contributed by atoms with van der Waals surface area (Å²) in [6, 6.07) is 1.82. The van der Waals surface area contributed by atoms with E-state index in [-0.39, 0.29) is 12.2 Å². The van der Waals surface area contributed by atoms with Crippen LogP contribution in [0.15, 0.2) is 0 Å². The van der Waals surface area contributed by atoms with Gasteiger partial charge in [0.25, 0.3) is 0 Å². The van der Waals surface area contributed by atoms with Gasteiger partial charge in [-0.3, -0.25) is 4.79 Å². The molecule has 0 rings (SSSR count). The normalized spacial score (nSPS) is 8.18. The minimum absolute atomic E-state index is 0.0181. The summed E-state index contributed by atoms with van der Waals surface area (Å²) in [5, 5.41) is 8.14. The number of carbonyl (C=O) groups is 1. The fourth-order valence-electron chi connectivity index (χ4n) is 0.726. The van der Waals surface area contributed by atoms with E-state index in [0.717, 1.165) is 19.3 Å². The Morgan fingerprint density at radius 3 is 2.73 bits per heavy atom. The Morgan fingerprint density at radius 1 is 1.45 bits per heavy atom. The molecule has 0 N–H and O–H groups in total. The highest BCUT2D eigenvalue weighted by Crippen LogP contribution is 2.00. The van der Waals surface area contributed by atoms with Gasteiger partial charge in [-0.05, 0) is 12.8 Å². The molecular formula is C9H11NO. The van der Waals surface area contributed by atoms with E-state index in [1.54, 1.807) is 0 Å². The molecule has 0 unspecified atom stereocenters. The summed E-state index contributed by atoms with van der Waals surface area (Å²) in [7, 11) is 0. The van der Waals surface area contributed by atoms with Gasteiger partial charge < -0.3 is 0 Å². The molecule has 0 bridgehead atoms. The van der Waals surface area contributed by atoms with Gasteiger partial charge in [-0.2, -0.15) is 5.26 Å². The summed E-state index contributed by atoms with van der Waals surface area (Å²) in [4.78, 5) is 10.7. The van der Waals surface area contributed by atoms with E-state index in [0.29, 0.717) is 6.42 Å². The third kappa shape index (κ3) is 6.61. The monoisotopic (exact) mass is 149 g/mol. The molecule has 0 aromatic rings. The summed E-state index contributed by atoms with van der Waals surface area (Å²) in [6.45, 7) is 0. The van der Waals surface area contributed by atoms with Crippen LogP contribution in [0.2, 0.25) is 0 Å². The molecule has 0 aliphatic rings. The zero-order valence-corrected chi connectivity index (χ0v) is 6.47. The second kappa shape index (κ2) is 6.83. The van der Waals surface area contributed by atoms with Crippen LogP contribution >= 0.6 is 0 Å². The number of carbonyl (C=O) groups excluding carboxylic acids is 1. The number of nitriles is 1. The van der Waals surface area contributed by atoms with Crippen molar-refractivity contribution in [3.05, 3.63) is 0 Å². The highest BCUT2D eigenvalue weighted by molar-refractivity contribution is 5.80. The molecule has 0 saturated carbocycles. The van der Waals surface area contributed by atoms with Gasteiger partial charge in [0.2, 0.25) is 0 Å². The van der Waals surface area contributed by atoms with Gasteiger partial charge in [-0.1, -0.05) is 0 Å². The topological polar surface area (TPSA) is 40.9 Å². The van der Waals surface area contributed by atoms with Crippen LogP contribution in [0.25, 0.3) is 0 Å². The molecule has 0 aliphatic heterocycles. The molecule has 0 radical (unpaired) electrons. The van der Waals surface area contributed by atoms with Crippen LogP contribution in [0.3, 0.4) is 0 Å². The number of rotatable bonds is 5. The first-order chi connectivity index (χ1) is 5.31. The van der Waals surface area contributed by atoms with Gasteiger partial charge in [-0.15, -0.1) is 12.3 Å². The van der Waals surface area contributed by atoms with Crippen LogP contribution in [-0.4, -0.2) is 5.78 Å². The van der Waals surface area contributed by atoms with Gasteiger partial charge >= 0.3 is 0 Å². The quantitative estimate of drug-likeness (QED) is 0.440. The van der Waals surface area contributed by atoms with E-state index in [9.17, 15) is 4.79 Å². The minimum atomic E-state index is 0.0181. The molecule has 58 valence electrons. The Morgan fingerprint density at radius 2 is 2.18 bits per heavy atom. The Labute approximate surface area is 67.2 Å². The van der Waals surface area contributed by atoms with Crippen molar-refractivity contribution in [3.8, 4) is 18.4 Å². The van der Waals surface area contributed by atoms with Crippen LogP contribution in [0.4, 0.5) is 0 Å². The maximum Gasteiger partial charge on any atom is 0.146 e. The number of ketones is 1. The van der Waals surface area contributed by atoms with Crippen molar-refractivity contribution >= 4 is 5.78 Å². The van der Waals surface area contributed by atoms with Crippen molar-refractivity contribution < 1.29 is 4.79 Å². The second-order valence-electron chi connectivity index (χ2n) is 2.28. The van der Waals surface area contributed by atoms with Crippen LogP contribution < -0.4 is 0 Å². The number of terminal acetylenes is 1. The molecule has 0 saturated heterocycles. The van der Waals surface area contributed by atoms with Gasteiger partial charge in [0, 0.05) is 12.8 Å². The van der Waals surface area contributed by atoms with Crippen molar-refractivity contribution in [2.24, 2.45) is 0 Å².